The third-order valence-corrected chi connectivity index (χ3v) is 9.10. The Labute approximate surface area is 278 Å². The molecule has 2 aromatic carbocycles. The average molecular weight is 643 g/mol. The van der Waals surface area contributed by atoms with Gasteiger partial charge < -0.3 is 10.6 Å². The molecule has 2 fully saturated rings. The van der Waals surface area contributed by atoms with E-state index in [1.165, 1.54) is 12.8 Å². The highest BCUT2D eigenvalue weighted by atomic mass is 16.2. The van der Waals surface area contributed by atoms with Gasteiger partial charge in [-0.25, -0.2) is 10.9 Å². The number of benzene rings is 2. The highest BCUT2D eigenvalue weighted by Crippen LogP contribution is 2.26. The van der Waals surface area contributed by atoms with Gasteiger partial charge in [0, 0.05) is 36.1 Å². The number of hydrogen-bond acceptors (Lipinski definition) is 6. The molecule has 0 bridgehead atoms. The summed E-state index contributed by atoms with van der Waals surface area (Å²) in [7, 11) is 0. The fraction of sp³-hybridized carbons (Fsp3) is 0.514. The van der Waals surface area contributed by atoms with Gasteiger partial charge in [0.15, 0.2) is 0 Å². The summed E-state index contributed by atoms with van der Waals surface area (Å²) in [5.41, 5.74) is 9.81. The molecule has 4 amide bonds. The molecule has 0 heterocycles. The second-order valence-corrected chi connectivity index (χ2v) is 12.8. The molecule has 10 nitrogen and oxygen atoms in total. The molecule has 0 spiro atoms. The number of carbonyl (C=O) groups excluding carboxylic acids is 4. The molecule has 0 saturated heterocycles. The zero-order valence-electron chi connectivity index (χ0n) is 27.9. The van der Waals surface area contributed by atoms with Crippen LogP contribution in [0, 0.1) is 11.8 Å². The van der Waals surface area contributed by atoms with Crippen molar-refractivity contribution in [3.8, 4) is 0 Å². The fourth-order valence-corrected chi connectivity index (χ4v) is 6.09. The number of rotatable bonds is 14. The van der Waals surface area contributed by atoms with Gasteiger partial charge in [-0.05, 0) is 87.8 Å². The van der Waals surface area contributed by atoms with Crippen LogP contribution in [0.25, 0.3) is 0 Å². The van der Waals surface area contributed by atoms with Crippen LogP contribution in [0.5, 0.6) is 0 Å². The van der Waals surface area contributed by atoms with Crippen molar-refractivity contribution in [3.05, 3.63) is 59.7 Å². The van der Waals surface area contributed by atoms with Crippen LogP contribution in [0.3, 0.4) is 0 Å². The van der Waals surface area contributed by atoms with Crippen molar-refractivity contribution < 1.29 is 19.2 Å². The number of hydrogen-bond donors (Lipinski definition) is 4. The second kappa shape index (κ2) is 18.7. The highest BCUT2D eigenvalue weighted by molar-refractivity contribution is 6.01. The third-order valence-electron chi connectivity index (χ3n) is 9.10. The van der Waals surface area contributed by atoms with Crippen LogP contribution < -0.4 is 21.5 Å². The Bertz CT molecular complexity index is 1300. The van der Waals surface area contributed by atoms with E-state index in [0.29, 0.717) is 37.1 Å². The fourth-order valence-electron chi connectivity index (χ4n) is 6.09. The van der Waals surface area contributed by atoms with Crippen molar-refractivity contribution in [1.82, 2.24) is 10.9 Å². The summed E-state index contributed by atoms with van der Waals surface area (Å²) in [6.45, 7) is 3.65. The maximum Gasteiger partial charge on any atom is 0.240 e. The maximum absolute atomic E-state index is 12.5. The summed E-state index contributed by atoms with van der Waals surface area (Å²) in [6, 6.07) is 15.0. The molecule has 2 aliphatic rings. The molecule has 2 aliphatic carbocycles. The second-order valence-electron chi connectivity index (χ2n) is 12.8. The highest BCUT2D eigenvalue weighted by Gasteiger charge is 2.22. The van der Waals surface area contributed by atoms with Gasteiger partial charge in [-0.15, -0.1) is 0 Å². The minimum Gasteiger partial charge on any atom is -0.326 e. The predicted molar refractivity (Wildman–Crippen MR) is 187 cm³/mol. The molecule has 2 aromatic rings. The van der Waals surface area contributed by atoms with Gasteiger partial charge in [0.05, 0.1) is 11.4 Å². The van der Waals surface area contributed by atoms with Gasteiger partial charge in [0.2, 0.25) is 23.6 Å². The van der Waals surface area contributed by atoms with Crippen molar-refractivity contribution in [2.45, 2.75) is 110 Å². The molecule has 4 N–H and O–H groups in total. The minimum absolute atomic E-state index is 0.0923. The summed E-state index contributed by atoms with van der Waals surface area (Å²) in [5.74, 6) is 0.0383. The number of carbonyl (C=O) groups is 4. The Kier molecular flexibility index (Phi) is 14.1. The van der Waals surface area contributed by atoms with Gasteiger partial charge >= 0.3 is 0 Å². The Morgan fingerprint density at radius 1 is 0.553 bits per heavy atom. The van der Waals surface area contributed by atoms with Gasteiger partial charge in [-0.3, -0.25) is 19.2 Å². The molecule has 252 valence electrons. The first-order chi connectivity index (χ1) is 22.8. The summed E-state index contributed by atoms with van der Waals surface area (Å²) in [4.78, 5) is 49.5. The van der Waals surface area contributed by atoms with Crippen LogP contribution in [0.2, 0.25) is 0 Å². The molecule has 0 unspecified atom stereocenters. The van der Waals surface area contributed by atoms with Crippen LogP contribution in [0.15, 0.2) is 58.7 Å². The van der Waals surface area contributed by atoms with Crippen molar-refractivity contribution in [3.63, 3.8) is 0 Å². The first-order valence-corrected chi connectivity index (χ1v) is 17.3. The summed E-state index contributed by atoms with van der Waals surface area (Å²) >= 11 is 0. The average Bonchev–Trinajstić information content (AvgIpc) is 3.10. The summed E-state index contributed by atoms with van der Waals surface area (Å²) in [5, 5.41) is 14.5. The van der Waals surface area contributed by atoms with E-state index in [2.05, 4.69) is 31.7 Å². The molecular weight excluding hydrogens is 592 g/mol. The Hall–Kier alpha value is -4.34. The number of nitrogens with zero attached hydrogens (tertiary/aromatic N) is 2. The third kappa shape index (κ3) is 12.1. The van der Waals surface area contributed by atoms with Gasteiger partial charge in [0.25, 0.3) is 0 Å². The van der Waals surface area contributed by atoms with Gasteiger partial charge in [0.1, 0.15) is 0 Å². The molecule has 2 saturated carbocycles. The van der Waals surface area contributed by atoms with E-state index >= 15 is 0 Å². The van der Waals surface area contributed by atoms with E-state index in [0.717, 1.165) is 80.3 Å². The predicted octanol–water partition coefficient (Wildman–Crippen LogP) is 7.06. The van der Waals surface area contributed by atoms with Gasteiger partial charge in [-0.2, -0.15) is 10.2 Å². The maximum atomic E-state index is 12.5. The zero-order chi connectivity index (χ0) is 33.4. The standard InChI is InChI=1S/C37H50N6O4/c1-26(28-18-22-32(23-19-28)38-36(46)30-12-6-3-7-13-30)40-42-34(44)16-10-5-11-17-35(45)43-41-27(2)29-20-24-33(25-21-29)39-37(47)31-14-8-4-9-15-31/h18-25,30-31H,3-17H2,1-2H3,(H,38,46)(H,39,47)(H,42,44)(H,43,45). The Balaban J connectivity index is 1.08. The largest absolute Gasteiger partial charge is 0.326 e. The lowest BCUT2D eigenvalue weighted by atomic mass is 9.88. The number of unbranched alkanes of at least 4 members (excludes halogenated alkanes) is 2. The van der Waals surface area contributed by atoms with Crippen LogP contribution >= 0.6 is 0 Å². The lowest BCUT2D eigenvalue weighted by Crippen LogP contribution is -2.24. The normalized spacial score (nSPS) is 16.3. The SMILES string of the molecule is CC(=NNC(=O)CCCCCC(=O)NN=C(C)c1ccc(NC(=O)C2CCCCC2)cc1)c1ccc(NC(=O)C2CCCCC2)cc1. The van der Waals surface area contributed by atoms with E-state index in [-0.39, 0.29) is 35.5 Å². The number of amides is 4. The van der Waals surface area contributed by atoms with Crippen molar-refractivity contribution in [2.24, 2.45) is 22.0 Å². The Morgan fingerprint density at radius 2 is 0.915 bits per heavy atom. The van der Waals surface area contributed by atoms with E-state index in [1.807, 2.05) is 62.4 Å². The monoisotopic (exact) mass is 642 g/mol. The molecule has 10 heteroatoms. The van der Waals surface area contributed by atoms with Crippen LogP contribution in [0.4, 0.5) is 11.4 Å². The van der Waals surface area contributed by atoms with Crippen LogP contribution in [0.1, 0.15) is 121 Å². The smallest absolute Gasteiger partial charge is 0.240 e. The number of anilines is 2. The van der Waals surface area contributed by atoms with Crippen LogP contribution in [-0.4, -0.2) is 35.1 Å². The topological polar surface area (TPSA) is 141 Å². The summed E-state index contributed by atoms with van der Waals surface area (Å²) < 4.78 is 0. The molecule has 0 atom stereocenters. The van der Waals surface area contributed by atoms with Gasteiger partial charge in [-0.1, -0.05) is 69.2 Å². The van der Waals surface area contributed by atoms with E-state index < -0.39 is 0 Å². The number of hydrazone groups is 2. The molecular formula is C37H50N6O4. The molecule has 4 rings (SSSR count). The minimum atomic E-state index is -0.176. The summed E-state index contributed by atoms with van der Waals surface area (Å²) in [6.07, 6.45) is 13.4. The molecule has 47 heavy (non-hydrogen) atoms. The van der Waals surface area contributed by atoms with E-state index in [4.69, 9.17) is 0 Å². The first kappa shape index (κ1) is 35.5. The lowest BCUT2D eigenvalue weighted by Gasteiger charge is -2.20. The van der Waals surface area contributed by atoms with Crippen LogP contribution in [-0.2, 0) is 19.2 Å². The Morgan fingerprint density at radius 3 is 1.28 bits per heavy atom. The molecule has 0 aliphatic heterocycles. The molecule has 0 aromatic heterocycles. The first-order valence-electron chi connectivity index (χ1n) is 17.3. The van der Waals surface area contributed by atoms with Crippen molar-refractivity contribution >= 4 is 46.4 Å². The number of nitrogens with one attached hydrogen (secondary N) is 4. The van der Waals surface area contributed by atoms with E-state index in [9.17, 15) is 19.2 Å². The zero-order valence-corrected chi connectivity index (χ0v) is 27.9. The lowest BCUT2D eigenvalue weighted by molar-refractivity contribution is -0.122. The van der Waals surface area contributed by atoms with Crippen molar-refractivity contribution in [2.75, 3.05) is 10.6 Å². The van der Waals surface area contributed by atoms with E-state index in [1.54, 1.807) is 0 Å². The van der Waals surface area contributed by atoms with Crippen molar-refractivity contribution in [1.29, 1.82) is 0 Å². The quantitative estimate of drug-likeness (QED) is 0.0995. The molecule has 0 radical (unpaired) electrons.